The zero-order valence-corrected chi connectivity index (χ0v) is 17.7. The molecule has 3 nitrogen and oxygen atoms in total. The van der Waals surface area contributed by atoms with Crippen LogP contribution in [0.5, 0.6) is 0 Å². The van der Waals surface area contributed by atoms with Gasteiger partial charge in [0.2, 0.25) is 0 Å². The van der Waals surface area contributed by atoms with E-state index in [4.69, 9.17) is 10.0 Å². The average molecular weight is 364 g/mol. The molecule has 3 rings (SSSR count). The zero-order valence-electron chi connectivity index (χ0n) is 13.7. The molecule has 0 aliphatic rings. The number of rotatable bonds is 3. The summed E-state index contributed by atoms with van der Waals surface area (Å²) in [6.07, 6.45) is 0. The Hall–Kier alpha value is -0.329. The van der Waals surface area contributed by atoms with Crippen molar-refractivity contribution in [2.24, 2.45) is 0 Å². The Bertz CT molecular complexity index is 563. The molecular formula is C18H19BKO3P. The van der Waals surface area contributed by atoms with Crippen molar-refractivity contribution in [3.05, 3.63) is 91.0 Å². The molecule has 0 amide bonds. The number of hydrogen-bond donors (Lipinski definition) is 1. The smallest absolute Gasteiger partial charge is 0.859 e. The van der Waals surface area contributed by atoms with Gasteiger partial charge in [0.15, 0.2) is 7.69 Å². The van der Waals surface area contributed by atoms with E-state index in [1.54, 1.807) is 0 Å². The zero-order chi connectivity index (χ0) is 15.6. The van der Waals surface area contributed by atoms with Gasteiger partial charge in [-0.05, 0) is 23.8 Å². The minimum absolute atomic E-state index is 0. The van der Waals surface area contributed by atoms with E-state index in [1.807, 2.05) is 0 Å². The molecule has 3 N–H and O–H groups in total. The Morgan fingerprint density at radius 2 is 0.833 bits per heavy atom. The summed E-state index contributed by atoms with van der Waals surface area (Å²) >= 11 is 0. The van der Waals surface area contributed by atoms with Crippen LogP contribution in [0.25, 0.3) is 0 Å². The molecule has 0 radical (unpaired) electrons. The monoisotopic (exact) mass is 364 g/mol. The first-order valence-electron chi connectivity index (χ1n) is 7.01. The average Bonchev–Trinajstić information content (AvgIpc) is 2.59. The second-order valence-corrected chi connectivity index (χ2v) is 6.69. The van der Waals surface area contributed by atoms with Gasteiger partial charge in [-0.25, -0.2) is 0 Å². The molecule has 0 aromatic heterocycles. The van der Waals surface area contributed by atoms with Gasteiger partial charge in [-0.3, -0.25) is 0 Å². The van der Waals surface area contributed by atoms with Crippen molar-refractivity contribution < 1.29 is 66.9 Å². The van der Waals surface area contributed by atoms with Crippen LogP contribution in [0.4, 0.5) is 0 Å². The Morgan fingerprint density at radius 1 is 0.625 bits per heavy atom. The third-order valence-electron chi connectivity index (χ3n) is 3.04. The second-order valence-electron chi connectivity index (χ2n) is 4.47. The summed E-state index contributed by atoms with van der Waals surface area (Å²) in [5.74, 6) is 0. The van der Waals surface area contributed by atoms with Crippen LogP contribution >= 0.6 is 7.92 Å². The van der Waals surface area contributed by atoms with Gasteiger partial charge in [0.25, 0.3) is 0 Å². The molecule has 0 aliphatic heterocycles. The maximum Gasteiger partial charge on any atom is 1.00 e. The summed E-state index contributed by atoms with van der Waals surface area (Å²) in [6.45, 7) is 0. The quantitative estimate of drug-likeness (QED) is 0.404. The maximum atomic E-state index is 8.49. The van der Waals surface area contributed by atoms with Crippen LogP contribution in [0.1, 0.15) is 0 Å². The molecule has 6 heteroatoms. The number of hydrogen-bond acceptors (Lipinski definition) is 2. The fourth-order valence-electron chi connectivity index (χ4n) is 2.18. The van der Waals surface area contributed by atoms with Crippen molar-refractivity contribution in [2.45, 2.75) is 0 Å². The van der Waals surface area contributed by atoms with Crippen LogP contribution in [0, 0.1) is 0 Å². The molecule has 0 saturated heterocycles. The van der Waals surface area contributed by atoms with Crippen molar-refractivity contribution in [3.8, 4) is 0 Å². The Balaban J connectivity index is 0.000000988. The van der Waals surface area contributed by atoms with Crippen molar-refractivity contribution in [3.63, 3.8) is 0 Å². The van der Waals surface area contributed by atoms with Crippen LogP contribution in [0.3, 0.4) is 0 Å². The molecule has 3 aromatic carbocycles. The molecule has 118 valence electrons. The normalized spacial score (nSPS) is 8.96. The van der Waals surface area contributed by atoms with Crippen LogP contribution in [-0.4, -0.2) is 18.2 Å². The van der Waals surface area contributed by atoms with E-state index in [2.05, 4.69) is 91.0 Å². The van der Waals surface area contributed by atoms with Gasteiger partial charge in [0.05, 0.1) is 0 Å². The molecule has 0 heterocycles. The van der Waals surface area contributed by atoms with Crippen molar-refractivity contribution in [1.29, 1.82) is 0 Å². The maximum absolute atomic E-state index is 8.49. The predicted octanol–water partition coefficient (Wildman–Crippen LogP) is -2.77. The van der Waals surface area contributed by atoms with Crippen LogP contribution in [-0.2, 0) is 0 Å². The molecular weight excluding hydrogens is 345 g/mol. The molecule has 0 spiro atoms. The van der Waals surface area contributed by atoms with E-state index in [0.717, 1.165) is 0 Å². The van der Waals surface area contributed by atoms with Gasteiger partial charge in [-0.1, -0.05) is 91.0 Å². The van der Waals surface area contributed by atoms with Crippen LogP contribution in [0.15, 0.2) is 91.0 Å². The minimum Gasteiger partial charge on any atom is -0.859 e. The molecule has 3 aromatic rings. The fraction of sp³-hybridized carbons (Fsp3) is 0. The fourth-order valence-corrected chi connectivity index (χ4v) is 4.48. The largest absolute Gasteiger partial charge is 1.00 e. The van der Waals surface area contributed by atoms with E-state index in [9.17, 15) is 0 Å². The Kier molecular flexibility index (Phi) is 13.7. The molecule has 0 unspecified atom stereocenters. The number of benzene rings is 3. The molecule has 0 saturated carbocycles. The summed E-state index contributed by atoms with van der Waals surface area (Å²) in [6, 6.07) is 32.3. The SMILES string of the molecule is O.[K+].[O-]BO.c1ccc(P(c2ccccc2)c2ccccc2)cc1. The first-order chi connectivity index (χ1) is 10.9. The third-order valence-corrected chi connectivity index (χ3v) is 5.49. The Morgan fingerprint density at radius 3 is 1.04 bits per heavy atom. The van der Waals surface area contributed by atoms with Crippen LogP contribution in [0.2, 0.25) is 0 Å². The van der Waals surface area contributed by atoms with Crippen molar-refractivity contribution >= 4 is 31.5 Å². The molecule has 0 bridgehead atoms. The third kappa shape index (κ3) is 7.28. The summed E-state index contributed by atoms with van der Waals surface area (Å²) in [4.78, 5) is 0. The minimum atomic E-state index is -1.00. The van der Waals surface area contributed by atoms with E-state index in [-0.39, 0.29) is 56.9 Å². The van der Waals surface area contributed by atoms with Gasteiger partial charge in [0.1, 0.15) is 0 Å². The summed E-state index contributed by atoms with van der Waals surface area (Å²) in [5, 5.41) is 19.7. The van der Waals surface area contributed by atoms with Crippen LogP contribution < -0.4 is 72.3 Å². The topological polar surface area (TPSA) is 74.8 Å². The standard InChI is InChI=1S/C18H15P.BH2O2.K.H2O/c1-4-10-16(11-5-1)19(17-12-6-2-7-13-17)18-14-8-3-9-15-18;2-1-3;;/h1-15H;1-2H;;1H2/q;-1;+1;. The predicted molar refractivity (Wildman–Crippen MR) is 98.1 cm³/mol. The summed E-state index contributed by atoms with van der Waals surface area (Å²) in [7, 11) is -1.45. The first-order valence-corrected chi connectivity index (χ1v) is 8.35. The van der Waals surface area contributed by atoms with E-state index < -0.39 is 15.6 Å². The first kappa shape index (κ1) is 23.7. The van der Waals surface area contributed by atoms with Crippen molar-refractivity contribution in [1.82, 2.24) is 0 Å². The molecule has 0 atom stereocenters. The second kappa shape index (κ2) is 13.9. The van der Waals surface area contributed by atoms with Gasteiger partial charge >= 0.3 is 51.4 Å². The summed E-state index contributed by atoms with van der Waals surface area (Å²) < 4.78 is 0. The van der Waals surface area contributed by atoms with E-state index in [0.29, 0.717) is 0 Å². The Labute approximate surface area is 187 Å². The van der Waals surface area contributed by atoms with Gasteiger partial charge in [-0.15, -0.1) is 0 Å². The van der Waals surface area contributed by atoms with Crippen molar-refractivity contribution in [2.75, 3.05) is 0 Å². The molecule has 0 fully saturated rings. The molecule has 0 aliphatic carbocycles. The molecule has 24 heavy (non-hydrogen) atoms. The van der Waals surface area contributed by atoms with Gasteiger partial charge in [-0.2, -0.15) is 0 Å². The van der Waals surface area contributed by atoms with E-state index in [1.165, 1.54) is 15.9 Å². The van der Waals surface area contributed by atoms with Gasteiger partial charge in [0, 0.05) is 0 Å². The van der Waals surface area contributed by atoms with E-state index >= 15 is 0 Å². The summed E-state index contributed by atoms with van der Waals surface area (Å²) in [5.41, 5.74) is 0. The van der Waals surface area contributed by atoms with Gasteiger partial charge < -0.3 is 15.5 Å².